The SMILES string of the molecule is Cc1c(CS(=O)(=O)O)c(O)n(C)c(=O)c1N=Nc1cc(Nc2nc(F)nc(Nc3ccc(S(=O)(=O)CCS(=O)(=O)O)cc3)n2)ccc1S(=O)(=O)O. The number of sulfone groups is 1. The van der Waals surface area contributed by atoms with Crippen LogP contribution >= 0.6 is 0 Å². The van der Waals surface area contributed by atoms with Crippen LogP contribution in [0.15, 0.2) is 67.3 Å². The molecule has 51 heavy (non-hydrogen) atoms. The van der Waals surface area contributed by atoms with Crippen molar-refractivity contribution >= 4 is 74.8 Å². The minimum atomic E-state index is -4.97. The second-order valence-corrected chi connectivity index (χ2v) is 16.9. The lowest BCUT2D eigenvalue weighted by Gasteiger charge is -2.13. The van der Waals surface area contributed by atoms with Crippen LogP contribution in [-0.4, -0.2) is 83.5 Å². The summed E-state index contributed by atoms with van der Waals surface area (Å²) in [5.41, 5.74) is -2.71. The fourth-order valence-electron chi connectivity index (χ4n) is 4.20. The number of aromatic nitrogens is 4. The van der Waals surface area contributed by atoms with Gasteiger partial charge in [-0.1, -0.05) is 0 Å². The molecule has 0 saturated heterocycles. The predicted octanol–water partition coefficient (Wildman–Crippen LogP) is 1.92. The lowest BCUT2D eigenvalue weighted by Crippen LogP contribution is -2.20. The Kier molecular flexibility index (Phi) is 10.9. The largest absolute Gasteiger partial charge is 0.494 e. The number of benzene rings is 2. The van der Waals surface area contributed by atoms with E-state index in [-0.39, 0.29) is 21.8 Å². The van der Waals surface area contributed by atoms with Crippen molar-refractivity contribution in [2.75, 3.05) is 22.1 Å². The first-order chi connectivity index (χ1) is 23.4. The molecule has 6 N–H and O–H groups in total. The molecule has 4 aromatic rings. The summed E-state index contributed by atoms with van der Waals surface area (Å²) in [4.78, 5) is 22.6. The highest BCUT2D eigenvalue weighted by Gasteiger charge is 2.23. The molecule has 21 nitrogen and oxygen atoms in total. The van der Waals surface area contributed by atoms with E-state index >= 15 is 0 Å². The summed E-state index contributed by atoms with van der Waals surface area (Å²) < 4.78 is 136. The Morgan fingerprint density at radius 1 is 0.804 bits per heavy atom. The van der Waals surface area contributed by atoms with Crippen LogP contribution in [0.4, 0.5) is 39.0 Å². The number of halogens is 1. The molecule has 0 saturated carbocycles. The maximum Gasteiger partial charge on any atom is 0.315 e. The monoisotopic (exact) mass is 792 g/mol. The number of hydrogen-bond acceptors (Lipinski definition) is 17. The molecule has 274 valence electrons. The molecule has 0 atom stereocenters. The van der Waals surface area contributed by atoms with Crippen LogP contribution in [0.2, 0.25) is 0 Å². The van der Waals surface area contributed by atoms with Gasteiger partial charge in [0.05, 0.1) is 16.4 Å². The number of pyridine rings is 1. The van der Waals surface area contributed by atoms with Crippen molar-refractivity contribution in [1.82, 2.24) is 19.5 Å². The van der Waals surface area contributed by atoms with Crippen LogP contribution in [0.3, 0.4) is 0 Å². The fourth-order valence-corrected chi connectivity index (χ4v) is 8.02. The molecule has 26 heteroatoms. The van der Waals surface area contributed by atoms with Crippen molar-refractivity contribution in [3.63, 3.8) is 0 Å². The zero-order valence-corrected chi connectivity index (χ0v) is 29.1. The number of nitrogens with zero attached hydrogens (tertiary/aromatic N) is 6. The molecular formula is C25H25FN8O13S4. The predicted molar refractivity (Wildman–Crippen MR) is 175 cm³/mol. The Labute approximate surface area is 288 Å². The summed E-state index contributed by atoms with van der Waals surface area (Å²) in [7, 11) is -17.2. The van der Waals surface area contributed by atoms with Gasteiger partial charge in [-0.05, 0) is 55.0 Å². The first-order valence-electron chi connectivity index (χ1n) is 13.6. The van der Waals surface area contributed by atoms with E-state index in [0.29, 0.717) is 4.57 Å². The van der Waals surface area contributed by atoms with Gasteiger partial charge in [-0.3, -0.25) is 23.0 Å². The van der Waals surface area contributed by atoms with E-state index in [2.05, 4.69) is 35.8 Å². The Balaban J connectivity index is 1.65. The normalized spacial score (nSPS) is 12.7. The zero-order valence-electron chi connectivity index (χ0n) is 25.8. The number of aromatic hydroxyl groups is 1. The van der Waals surface area contributed by atoms with Gasteiger partial charge in [-0.25, -0.2) is 8.42 Å². The molecular weight excluding hydrogens is 768 g/mol. The smallest absolute Gasteiger partial charge is 0.315 e. The van der Waals surface area contributed by atoms with Crippen LogP contribution in [0.1, 0.15) is 11.1 Å². The summed E-state index contributed by atoms with van der Waals surface area (Å²) in [5.74, 6) is -4.67. The number of anilines is 4. The van der Waals surface area contributed by atoms with Crippen molar-refractivity contribution in [3.05, 3.63) is 70.0 Å². The van der Waals surface area contributed by atoms with Crippen LogP contribution in [-0.2, 0) is 53.0 Å². The summed E-state index contributed by atoms with van der Waals surface area (Å²) in [6.07, 6.45) is -1.31. The molecule has 0 aliphatic carbocycles. The first-order valence-corrected chi connectivity index (χ1v) is 19.9. The lowest BCUT2D eigenvalue weighted by atomic mass is 10.1. The molecule has 0 aliphatic rings. The van der Waals surface area contributed by atoms with E-state index in [9.17, 15) is 57.1 Å². The Morgan fingerprint density at radius 3 is 1.92 bits per heavy atom. The van der Waals surface area contributed by atoms with Gasteiger partial charge in [0.15, 0.2) is 21.4 Å². The van der Waals surface area contributed by atoms with E-state index in [1.807, 2.05) is 0 Å². The van der Waals surface area contributed by atoms with E-state index in [1.54, 1.807) is 0 Å². The molecule has 2 aromatic heterocycles. The van der Waals surface area contributed by atoms with Crippen molar-refractivity contribution < 1.29 is 56.8 Å². The molecule has 4 rings (SSSR count). The molecule has 2 heterocycles. The van der Waals surface area contributed by atoms with Gasteiger partial charge in [0.25, 0.3) is 35.9 Å². The standard InChI is InChI=1S/C25H25FN8O13S4/c1-13-17(12-50(42,43)44)21(35)34(2)22(36)20(13)33-32-18-11-15(5-8-19(18)51(45,46)47)28-25-30-23(26)29-24(31-25)27-14-3-6-16(7-4-14)48(37,38)9-10-49(39,40)41/h3-8,11,35H,9-10,12H2,1-2H3,(H,39,40,41)(H,42,43,44)(H,45,46,47)(H2,27,28,29,30,31). The Bertz CT molecular complexity index is 2560. The summed E-state index contributed by atoms with van der Waals surface area (Å²) in [6.45, 7) is 1.18. The van der Waals surface area contributed by atoms with Gasteiger partial charge in [0, 0.05) is 24.0 Å². The van der Waals surface area contributed by atoms with E-state index in [4.69, 9.17) is 4.55 Å². The van der Waals surface area contributed by atoms with Gasteiger partial charge in [-0.2, -0.15) is 44.6 Å². The first kappa shape index (κ1) is 38.8. The number of azo groups is 1. The van der Waals surface area contributed by atoms with Gasteiger partial charge in [0.2, 0.25) is 11.9 Å². The molecule has 0 radical (unpaired) electrons. The van der Waals surface area contributed by atoms with Crippen molar-refractivity contribution in [3.8, 4) is 5.88 Å². The van der Waals surface area contributed by atoms with Gasteiger partial charge < -0.3 is 15.7 Å². The highest BCUT2D eigenvalue weighted by molar-refractivity contribution is 7.93. The third kappa shape index (κ3) is 10.1. The third-order valence-corrected chi connectivity index (χ3v) is 10.9. The van der Waals surface area contributed by atoms with Crippen molar-refractivity contribution in [2.24, 2.45) is 17.3 Å². The Hall–Kier alpha value is -4.99. The molecule has 0 aliphatic heterocycles. The topological polar surface area (TPSA) is 327 Å². The third-order valence-electron chi connectivity index (χ3n) is 6.67. The second kappa shape index (κ2) is 14.3. The van der Waals surface area contributed by atoms with Crippen LogP contribution in [0.25, 0.3) is 0 Å². The maximum atomic E-state index is 14.4. The average molecular weight is 793 g/mol. The van der Waals surface area contributed by atoms with Crippen molar-refractivity contribution in [2.45, 2.75) is 22.5 Å². The van der Waals surface area contributed by atoms with E-state index in [1.165, 1.54) is 19.1 Å². The van der Waals surface area contributed by atoms with Crippen LogP contribution in [0, 0.1) is 13.0 Å². The van der Waals surface area contributed by atoms with Gasteiger partial charge in [0.1, 0.15) is 16.3 Å². The highest BCUT2D eigenvalue weighted by Crippen LogP contribution is 2.32. The molecule has 0 spiro atoms. The molecule has 2 aromatic carbocycles. The average Bonchev–Trinajstić information content (AvgIpc) is 3.00. The number of nitrogens with one attached hydrogen (secondary N) is 2. The summed E-state index contributed by atoms with van der Waals surface area (Å²) in [5, 5.41) is 22.9. The molecule has 0 amide bonds. The van der Waals surface area contributed by atoms with E-state index in [0.717, 1.165) is 37.4 Å². The number of rotatable bonds is 13. The number of hydrogen-bond donors (Lipinski definition) is 6. The quantitative estimate of drug-likeness (QED) is 0.0832. The minimum Gasteiger partial charge on any atom is -0.494 e. The zero-order chi connectivity index (χ0) is 38.1. The summed E-state index contributed by atoms with van der Waals surface area (Å²) >= 11 is 0. The summed E-state index contributed by atoms with van der Waals surface area (Å²) in [6, 6.07) is 7.60. The Morgan fingerprint density at radius 2 is 1.37 bits per heavy atom. The fraction of sp³-hybridized carbons (Fsp3) is 0.200. The minimum absolute atomic E-state index is 0.0743. The van der Waals surface area contributed by atoms with Gasteiger partial charge >= 0.3 is 6.08 Å². The van der Waals surface area contributed by atoms with Crippen LogP contribution in [0.5, 0.6) is 5.88 Å². The van der Waals surface area contributed by atoms with Gasteiger partial charge in [-0.15, -0.1) is 10.2 Å². The molecule has 0 unspecified atom stereocenters. The highest BCUT2D eigenvalue weighted by atomic mass is 32.2. The van der Waals surface area contributed by atoms with E-state index < -0.39 is 109 Å². The maximum absolute atomic E-state index is 14.4. The second-order valence-electron chi connectivity index (χ2n) is 10.4. The molecule has 0 bridgehead atoms. The van der Waals surface area contributed by atoms with Crippen LogP contribution < -0.4 is 16.2 Å². The van der Waals surface area contributed by atoms with Crippen molar-refractivity contribution in [1.29, 1.82) is 0 Å². The molecule has 0 fully saturated rings. The lowest BCUT2D eigenvalue weighted by molar-refractivity contribution is 0.415.